The van der Waals surface area contributed by atoms with Crippen molar-refractivity contribution < 1.29 is 9.53 Å². The molecule has 4 atom stereocenters. The van der Waals surface area contributed by atoms with E-state index in [0.29, 0.717) is 17.8 Å². The second-order valence-corrected chi connectivity index (χ2v) is 31.8. The van der Waals surface area contributed by atoms with E-state index in [4.69, 9.17) is 4.74 Å². The maximum absolute atomic E-state index is 18.0. The molecular formula is C85H33NO2. The number of hydrogen-bond acceptors (Lipinski definition) is 3. The molecule has 0 saturated heterocycles. The van der Waals surface area contributed by atoms with E-state index < -0.39 is 11.5 Å². The van der Waals surface area contributed by atoms with Gasteiger partial charge in [-0.15, -0.1) is 0 Å². The van der Waals surface area contributed by atoms with Gasteiger partial charge < -0.3 is 4.74 Å². The third-order valence-electron chi connectivity index (χ3n) is 29.7. The topological polar surface area (TPSA) is 38.3 Å². The molecule has 0 radical (unpaired) electrons. The molecule has 30 aromatic carbocycles. The van der Waals surface area contributed by atoms with Crippen molar-refractivity contribution in [3.05, 3.63) is 94.0 Å². The summed E-state index contributed by atoms with van der Waals surface area (Å²) in [5.74, 6) is 1.01. The molecule has 3 heteroatoms. The minimum Gasteiger partial charge on any atom is -0.461 e. The van der Waals surface area contributed by atoms with Gasteiger partial charge in [0.05, 0.1) is 11.5 Å². The van der Waals surface area contributed by atoms with Gasteiger partial charge in [0.1, 0.15) is 12.1 Å². The lowest BCUT2D eigenvalue weighted by Gasteiger charge is -2.50. The van der Waals surface area contributed by atoms with E-state index in [1.54, 1.807) is 259 Å². The van der Waals surface area contributed by atoms with Gasteiger partial charge in [-0.3, -0.25) is 10.1 Å². The highest BCUT2D eigenvalue weighted by atomic mass is 16.5. The molecule has 390 valence electrons. The second kappa shape index (κ2) is 9.72. The molecule has 0 heterocycles. The SMILES string of the molecule is CC(C)[C@H]1CC[C@H](C)C[C@@H]1OC(=O)C(NC(c1ccccc1)c1ccccc1)C12c3c4c5c6c7c8c(c9c%10c1c1c3c3c%11c4c4c5c5c7c7c%12c8c8c9c9c%10c%10c1c1c3c3c%11c%11c4c4c5c7c5c7c%12c8c8c9c9c%10c1c1c3c3c%11c4c5c4c7c8c9c1c34)C62. The van der Waals surface area contributed by atoms with Crippen LogP contribution < -0.4 is 5.32 Å². The molecule has 35 rings (SSSR count). The van der Waals surface area contributed by atoms with Crippen LogP contribution in [0.3, 0.4) is 0 Å². The van der Waals surface area contributed by atoms with Gasteiger partial charge in [0.15, 0.2) is 0 Å². The minimum absolute atomic E-state index is 0.0425. The van der Waals surface area contributed by atoms with Crippen LogP contribution in [0.15, 0.2) is 60.7 Å². The lowest BCUT2D eigenvalue weighted by atomic mass is 9.54. The number of esters is 1. The van der Waals surface area contributed by atoms with Crippen LogP contribution in [0.4, 0.5) is 0 Å². The highest BCUT2D eigenvalue weighted by Gasteiger charge is 2.67. The first-order valence-corrected chi connectivity index (χ1v) is 33.3. The smallest absolute Gasteiger partial charge is 0.324 e. The molecular weight excluding hydrogens is 1070 g/mol. The van der Waals surface area contributed by atoms with Crippen LogP contribution in [-0.2, 0) is 14.9 Å². The van der Waals surface area contributed by atoms with Crippen molar-refractivity contribution in [2.24, 2.45) is 17.8 Å². The Hall–Kier alpha value is -9.67. The predicted octanol–water partition coefficient (Wildman–Crippen LogP) is 21.9. The molecule has 0 aromatic heterocycles. The highest BCUT2D eigenvalue weighted by Crippen LogP contribution is 2.84. The minimum atomic E-state index is -0.877. The van der Waals surface area contributed by atoms with Crippen molar-refractivity contribution >= 4 is 297 Å². The monoisotopic (exact) mass is 1100 g/mol. The average Bonchev–Trinajstić information content (AvgIpc) is 1.39. The molecule has 5 aliphatic carbocycles. The van der Waals surface area contributed by atoms with Crippen LogP contribution in [0.25, 0.3) is 291 Å². The highest BCUT2D eigenvalue weighted by molar-refractivity contribution is 6.82. The van der Waals surface area contributed by atoms with Crippen molar-refractivity contribution in [2.75, 3.05) is 0 Å². The molecule has 3 nitrogen and oxygen atoms in total. The van der Waals surface area contributed by atoms with Crippen LogP contribution >= 0.6 is 0 Å². The Bertz CT molecular complexity index is 7890. The second-order valence-electron chi connectivity index (χ2n) is 31.8. The van der Waals surface area contributed by atoms with Crippen LogP contribution in [0, 0.1) is 17.8 Å². The molecule has 5 aliphatic rings. The molecule has 1 N–H and O–H groups in total. The van der Waals surface area contributed by atoms with Crippen LogP contribution in [0.1, 0.15) is 85.4 Å². The first-order chi connectivity index (χ1) is 43.5. The van der Waals surface area contributed by atoms with Gasteiger partial charge >= 0.3 is 5.97 Å². The van der Waals surface area contributed by atoms with Gasteiger partial charge in [-0.05, 0) is 355 Å². The van der Waals surface area contributed by atoms with E-state index >= 15 is 4.79 Å². The van der Waals surface area contributed by atoms with Crippen molar-refractivity contribution in [2.45, 2.75) is 69.6 Å². The molecule has 0 spiro atoms. The molecule has 0 aliphatic heterocycles. The van der Waals surface area contributed by atoms with E-state index in [0.717, 1.165) is 12.8 Å². The van der Waals surface area contributed by atoms with Gasteiger partial charge in [-0.2, -0.15) is 0 Å². The Morgan fingerprint density at radius 2 is 0.636 bits per heavy atom. The molecule has 1 fully saturated rings. The summed E-state index contributed by atoms with van der Waals surface area (Å²) in [4.78, 5) is 18.0. The first-order valence-electron chi connectivity index (χ1n) is 33.3. The van der Waals surface area contributed by atoms with E-state index in [2.05, 4.69) is 86.8 Å². The Kier molecular flexibility index (Phi) is 4.17. The number of hydrogen-bond donors (Lipinski definition) is 1. The quantitative estimate of drug-likeness (QED) is 0.122. The number of ether oxygens (including phenoxy) is 1. The maximum Gasteiger partial charge on any atom is 0.324 e. The van der Waals surface area contributed by atoms with Crippen molar-refractivity contribution in [1.29, 1.82) is 0 Å². The van der Waals surface area contributed by atoms with E-state index in [1.807, 2.05) is 0 Å². The summed E-state index contributed by atoms with van der Waals surface area (Å²) in [5.41, 5.74) is 7.59. The Labute approximate surface area is 490 Å². The third-order valence-corrected chi connectivity index (χ3v) is 29.7. The summed E-state index contributed by atoms with van der Waals surface area (Å²) in [6.07, 6.45) is 3.01. The summed E-state index contributed by atoms with van der Waals surface area (Å²) in [5, 5.41) is 89.8. The number of benzene rings is 20. The number of carbonyl (C=O) groups excluding carboxylic acids is 1. The number of carbonyl (C=O) groups is 1. The van der Waals surface area contributed by atoms with Gasteiger partial charge in [0.25, 0.3) is 0 Å². The Morgan fingerprint density at radius 3 is 0.932 bits per heavy atom. The standard InChI is InChI=1S/C85H33NO2/c1-17(2)21-15-14-18(3)16-22(21)88-84(87)83(86-82(19-10-6-4-7-11-19)20-12-8-5-9-13-20)85-79-75-69-55-47-39-27-24-23-25-28(27)40-42-38-32(25)34-30-26(23)29-33-31(24)37-41(39)53(55)61-59-45(37)43(33)51-49-35(29)36(30)50-52-44(34)46(38)60-62-54(42)56(48(40)47)70(69)76(79)72(62)74-66(60)64(52)68-58(50)57(49)67-63(51)65(59)73(71(61)75)80(85)77(67)78(68)81(74)85/h4-13,17-18,21-22,79,82-83,86H,14-16H2,1-3H3/t18-,21+,22-,79?,83?,85?/m0/s1. The van der Waals surface area contributed by atoms with E-state index in [9.17, 15) is 0 Å². The maximum atomic E-state index is 18.0. The zero-order chi connectivity index (χ0) is 54.4. The molecule has 0 bridgehead atoms. The molecule has 1 saturated carbocycles. The van der Waals surface area contributed by atoms with Gasteiger partial charge in [0, 0.05) is 5.92 Å². The third kappa shape index (κ3) is 2.51. The fourth-order valence-corrected chi connectivity index (χ4v) is 28.4. The Morgan fingerprint density at radius 1 is 0.375 bits per heavy atom. The normalized spacial score (nSPS) is 22.9. The largest absolute Gasteiger partial charge is 0.461 e. The molecule has 88 heavy (non-hydrogen) atoms. The summed E-state index contributed by atoms with van der Waals surface area (Å²) in [7, 11) is 0. The van der Waals surface area contributed by atoms with Gasteiger partial charge in [0.2, 0.25) is 0 Å². The fraction of sp³-hybridized carbons (Fsp3) is 0.165. The lowest BCUT2D eigenvalue weighted by Crippen LogP contribution is -2.59. The van der Waals surface area contributed by atoms with Crippen molar-refractivity contribution in [3.8, 4) is 0 Å². The molecule has 0 amide bonds. The summed E-state index contributed by atoms with van der Waals surface area (Å²) in [6, 6.07) is 21.4. The summed E-state index contributed by atoms with van der Waals surface area (Å²) < 4.78 is 7.82. The Balaban J connectivity index is 0.927. The van der Waals surface area contributed by atoms with Crippen LogP contribution in [0.2, 0.25) is 0 Å². The zero-order valence-electron chi connectivity index (χ0n) is 47.3. The number of nitrogens with one attached hydrogen (secondary N) is 1. The fourth-order valence-electron chi connectivity index (χ4n) is 28.4. The lowest BCUT2D eigenvalue weighted by molar-refractivity contribution is -0.160. The molecule has 1 unspecified atom stereocenters. The zero-order valence-corrected chi connectivity index (χ0v) is 47.3. The van der Waals surface area contributed by atoms with Crippen LogP contribution in [0.5, 0.6) is 0 Å². The van der Waals surface area contributed by atoms with Crippen molar-refractivity contribution in [1.82, 2.24) is 5.32 Å². The van der Waals surface area contributed by atoms with Crippen LogP contribution in [-0.4, -0.2) is 18.1 Å². The summed E-state index contributed by atoms with van der Waals surface area (Å²) in [6.45, 7) is 7.18. The predicted molar refractivity (Wildman–Crippen MR) is 368 cm³/mol. The van der Waals surface area contributed by atoms with E-state index in [1.165, 1.54) is 71.8 Å². The van der Waals surface area contributed by atoms with Crippen molar-refractivity contribution in [3.63, 3.8) is 0 Å². The first kappa shape index (κ1) is 37.8. The molecule has 30 aromatic rings. The van der Waals surface area contributed by atoms with Gasteiger partial charge in [-0.25, -0.2) is 0 Å². The van der Waals surface area contributed by atoms with E-state index in [-0.39, 0.29) is 24.0 Å². The average molecular weight is 1100 g/mol. The van der Waals surface area contributed by atoms with Gasteiger partial charge in [-0.1, -0.05) is 87.9 Å². The summed E-state index contributed by atoms with van der Waals surface area (Å²) >= 11 is 0. The number of rotatable bonds is 8.